The van der Waals surface area contributed by atoms with Gasteiger partial charge in [0.15, 0.2) is 0 Å². The minimum absolute atomic E-state index is 0.281. The van der Waals surface area contributed by atoms with Crippen molar-refractivity contribution in [1.82, 2.24) is 0 Å². The van der Waals surface area contributed by atoms with Gasteiger partial charge in [-0.1, -0.05) is 0 Å². The fraction of sp³-hybridized carbons (Fsp3) is 0.462. The van der Waals surface area contributed by atoms with Gasteiger partial charge in [0.05, 0.1) is 25.4 Å². The summed E-state index contributed by atoms with van der Waals surface area (Å²) < 4.78 is 27.7. The highest BCUT2D eigenvalue weighted by molar-refractivity contribution is 5.89. The molecule has 0 unspecified atom stereocenters. The second-order valence-electron chi connectivity index (χ2n) is 3.60. The average Bonchev–Trinajstić information content (AvgIpc) is 2.38. The van der Waals surface area contributed by atoms with Crippen molar-refractivity contribution in [2.24, 2.45) is 0 Å². The molecular weight excluding hydrogens is 239 g/mol. The Morgan fingerprint density at radius 3 is 2.50 bits per heavy atom. The van der Waals surface area contributed by atoms with Gasteiger partial charge in [0.2, 0.25) is 0 Å². The van der Waals surface area contributed by atoms with E-state index in [1.54, 1.807) is 7.11 Å². The number of benzene rings is 1. The quantitative estimate of drug-likeness (QED) is 0.527. The van der Waals surface area contributed by atoms with Crippen molar-refractivity contribution in [2.75, 3.05) is 33.5 Å². The average molecular weight is 256 g/mol. The molecule has 0 aliphatic heterocycles. The summed E-state index contributed by atoms with van der Waals surface area (Å²) in [6.45, 7) is 1.88. The topological polar surface area (TPSA) is 44.8 Å². The van der Waals surface area contributed by atoms with Gasteiger partial charge in [-0.2, -0.15) is 0 Å². The number of methoxy groups -OCH3 is 1. The van der Waals surface area contributed by atoms with Crippen molar-refractivity contribution in [3.05, 3.63) is 35.6 Å². The third kappa shape index (κ3) is 5.75. The maximum Gasteiger partial charge on any atom is 0.338 e. The first-order valence-electron chi connectivity index (χ1n) is 5.73. The van der Waals surface area contributed by atoms with Gasteiger partial charge in [-0.15, -0.1) is 0 Å². The number of esters is 1. The third-order valence-corrected chi connectivity index (χ3v) is 2.18. The van der Waals surface area contributed by atoms with E-state index in [1.165, 1.54) is 24.3 Å². The van der Waals surface area contributed by atoms with Crippen LogP contribution < -0.4 is 0 Å². The predicted octanol–water partition coefficient (Wildman–Crippen LogP) is 2.04. The normalized spacial score (nSPS) is 10.3. The second kappa shape index (κ2) is 8.60. The summed E-state index contributed by atoms with van der Waals surface area (Å²) in [6, 6.07) is 5.24. The van der Waals surface area contributed by atoms with Crippen molar-refractivity contribution in [1.29, 1.82) is 0 Å². The van der Waals surface area contributed by atoms with Crippen molar-refractivity contribution in [3.63, 3.8) is 0 Å². The first kappa shape index (κ1) is 14.6. The predicted molar refractivity (Wildman–Crippen MR) is 64.0 cm³/mol. The van der Waals surface area contributed by atoms with E-state index in [4.69, 9.17) is 14.2 Å². The molecule has 1 rings (SSSR count). The van der Waals surface area contributed by atoms with E-state index in [0.29, 0.717) is 31.8 Å². The lowest BCUT2D eigenvalue weighted by Gasteiger charge is -2.05. The zero-order chi connectivity index (χ0) is 13.2. The van der Waals surface area contributed by atoms with Crippen LogP contribution in [-0.4, -0.2) is 39.5 Å². The minimum Gasteiger partial charge on any atom is -0.462 e. The summed E-state index contributed by atoms with van der Waals surface area (Å²) in [7, 11) is 1.60. The molecule has 0 radical (unpaired) electrons. The molecule has 100 valence electrons. The molecule has 0 fully saturated rings. The van der Waals surface area contributed by atoms with Crippen LogP contribution in [0.1, 0.15) is 16.8 Å². The maximum atomic E-state index is 12.6. The summed E-state index contributed by atoms with van der Waals surface area (Å²) in [5.74, 6) is -0.829. The number of ether oxygens (including phenoxy) is 3. The van der Waals surface area contributed by atoms with Crippen molar-refractivity contribution >= 4 is 5.97 Å². The number of halogens is 1. The summed E-state index contributed by atoms with van der Waals surface area (Å²) in [5.41, 5.74) is 0.344. The van der Waals surface area contributed by atoms with Gasteiger partial charge in [-0.25, -0.2) is 9.18 Å². The summed E-state index contributed by atoms with van der Waals surface area (Å²) in [4.78, 5) is 11.5. The highest BCUT2D eigenvalue weighted by atomic mass is 19.1. The fourth-order valence-electron chi connectivity index (χ4n) is 1.24. The van der Waals surface area contributed by atoms with E-state index in [1.807, 2.05) is 0 Å². The zero-order valence-electron chi connectivity index (χ0n) is 10.4. The molecular formula is C13H17FO4. The number of carbonyl (C=O) groups excluding carboxylic acids is 1. The Bertz CT molecular complexity index is 351. The number of hydrogen-bond donors (Lipinski definition) is 0. The van der Waals surface area contributed by atoms with E-state index in [-0.39, 0.29) is 12.4 Å². The first-order valence-corrected chi connectivity index (χ1v) is 5.73. The Labute approximate surface area is 106 Å². The Hall–Kier alpha value is -1.46. The van der Waals surface area contributed by atoms with Crippen LogP contribution in [-0.2, 0) is 14.2 Å². The monoisotopic (exact) mass is 256 g/mol. The molecule has 0 saturated carbocycles. The fourth-order valence-corrected chi connectivity index (χ4v) is 1.24. The first-order chi connectivity index (χ1) is 8.74. The SMILES string of the molecule is COCCOCCCOC(=O)c1ccc(F)cc1. The van der Waals surface area contributed by atoms with Crippen LogP contribution in [0.4, 0.5) is 4.39 Å². The van der Waals surface area contributed by atoms with Gasteiger partial charge < -0.3 is 14.2 Å². The summed E-state index contributed by atoms with van der Waals surface area (Å²) in [5, 5.41) is 0. The number of carbonyl (C=O) groups is 1. The second-order valence-corrected chi connectivity index (χ2v) is 3.60. The van der Waals surface area contributed by atoms with Crippen LogP contribution in [0.2, 0.25) is 0 Å². The smallest absolute Gasteiger partial charge is 0.338 e. The van der Waals surface area contributed by atoms with Crippen LogP contribution in [0.25, 0.3) is 0 Å². The minimum atomic E-state index is -0.452. The van der Waals surface area contributed by atoms with Gasteiger partial charge in [0.25, 0.3) is 0 Å². The van der Waals surface area contributed by atoms with Crippen LogP contribution in [0, 0.1) is 5.82 Å². The molecule has 0 saturated heterocycles. The highest BCUT2D eigenvalue weighted by Gasteiger charge is 2.06. The molecule has 0 atom stereocenters. The summed E-state index contributed by atoms with van der Waals surface area (Å²) in [6.07, 6.45) is 0.622. The molecule has 5 heteroatoms. The third-order valence-electron chi connectivity index (χ3n) is 2.18. The van der Waals surface area contributed by atoms with Gasteiger partial charge in [0, 0.05) is 20.1 Å². The van der Waals surface area contributed by atoms with Gasteiger partial charge in [0.1, 0.15) is 5.82 Å². The molecule has 0 aliphatic rings. The van der Waals surface area contributed by atoms with Crippen LogP contribution in [0.5, 0.6) is 0 Å². The lowest BCUT2D eigenvalue weighted by Crippen LogP contribution is -2.09. The van der Waals surface area contributed by atoms with Crippen LogP contribution in [0.3, 0.4) is 0 Å². The summed E-state index contributed by atoms with van der Waals surface area (Å²) >= 11 is 0. The number of rotatable bonds is 8. The van der Waals surface area contributed by atoms with Gasteiger partial charge >= 0.3 is 5.97 Å². The van der Waals surface area contributed by atoms with Crippen molar-refractivity contribution in [2.45, 2.75) is 6.42 Å². The van der Waals surface area contributed by atoms with E-state index in [0.717, 1.165) is 0 Å². The van der Waals surface area contributed by atoms with Crippen molar-refractivity contribution < 1.29 is 23.4 Å². The van der Waals surface area contributed by atoms with Crippen molar-refractivity contribution in [3.8, 4) is 0 Å². The van der Waals surface area contributed by atoms with E-state index in [2.05, 4.69) is 0 Å². The lowest BCUT2D eigenvalue weighted by molar-refractivity contribution is 0.0385. The molecule has 18 heavy (non-hydrogen) atoms. The maximum absolute atomic E-state index is 12.6. The van der Waals surface area contributed by atoms with E-state index in [9.17, 15) is 9.18 Å². The Kier molecular flexibility index (Phi) is 6.98. The molecule has 0 spiro atoms. The number of hydrogen-bond acceptors (Lipinski definition) is 4. The Morgan fingerprint density at radius 2 is 1.83 bits per heavy atom. The highest BCUT2D eigenvalue weighted by Crippen LogP contribution is 2.04. The van der Waals surface area contributed by atoms with Gasteiger partial charge in [-0.05, 0) is 24.3 Å². The molecule has 0 aliphatic carbocycles. The molecule has 1 aromatic carbocycles. The largest absolute Gasteiger partial charge is 0.462 e. The molecule has 0 amide bonds. The molecule has 0 aromatic heterocycles. The zero-order valence-corrected chi connectivity index (χ0v) is 10.4. The molecule has 1 aromatic rings. The van der Waals surface area contributed by atoms with E-state index < -0.39 is 5.97 Å². The van der Waals surface area contributed by atoms with Crippen LogP contribution in [0.15, 0.2) is 24.3 Å². The molecule has 0 N–H and O–H groups in total. The Morgan fingerprint density at radius 1 is 1.11 bits per heavy atom. The van der Waals surface area contributed by atoms with Crippen LogP contribution >= 0.6 is 0 Å². The standard InChI is InChI=1S/C13H17FO4/c1-16-9-10-17-7-2-8-18-13(15)11-3-5-12(14)6-4-11/h3-6H,2,7-10H2,1H3. The molecule has 0 bridgehead atoms. The molecule has 0 heterocycles. The Balaban J connectivity index is 2.12. The van der Waals surface area contributed by atoms with Gasteiger partial charge in [-0.3, -0.25) is 0 Å². The lowest BCUT2D eigenvalue weighted by atomic mass is 10.2. The molecule has 4 nitrogen and oxygen atoms in total. The van der Waals surface area contributed by atoms with E-state index >= 15 is 0 Å².